The fourth-order valence-corrected chi connectivity index (χ4v) is 4.62. The lowest BCUT2D eigenvalue weighted by atomic mass is 10.1. The lowest BCUT2D eigenvalue weighted by molar-refractivity contribution is -0.133. The molecule has 1 fully saturated rings. The van der Waals surface area contributed by atoms with E-state index in [4.69, 9.17) is 0 Å². The number of halogens is 1. The monoisotopic (exact) mass is 504 g/mol. The number of carbonyl (C=O) groups excluding carboxylic acids is 2. The first-order valence-corrected chi connectivity index (χ1v) is 14.3. The third kappa shape index (κ3) is 12.2. The van der Waals surface area contributed by atoms with Crippen molar-refractivity contribution in [3.63, 3.8) is 0 Å². The fourth-order valence-electron chi connectivity index (χ4n) is 4.62. The van der Waals surface area contributed by atoms with Gasteiger partial charge in [-0.2, -0.15) is 0 Å². The van der Waals surface area contributed by atoms with Gasteiger partial charge in [-0.3, -0.25) is 9.69 Å². The number of carbonyl (C=O) groups is 2. The maximum atomic E-state index is 13.4. The van der Waals surface area contributed by atoms with Crippen molar-refractivity contribution in [1.82, 2.24) is 20.0 Å². The zero-order valence-electron chi connectivity index (χ0n) is 22.8. The number of rotatable bonds is 17. The van der Waals surface area contributed by atoms with E-state index in [1.54, 1.807) is 12.1 Å². The van der Waals surface area contributed by atoms with Gasteiger partial charge in [-0.15, -0.1) is 0 Å². The second-order valence-electron chi connectivity index (χ2n) is 10.1. The number of hydrogen-bond donors (Lipinski definition) is 1. The van der Waals surface area contributed by atoms with Crippen LogP contribution in [0.4, 0.5) is 9.18 Å². The van der Waals surface area contributed by atoms with Crippen LogP contribution in [-0.2, 0) is 11.3 Å². The van der Waals surface area contributed by atoms with Crippen LogP contribution in [-0.4, -0.2) is 72.5 Å². The van der Waals surface area contributed by atoms with Crippen LogP contribution < -0.4 is 5.32 Å². The second-order valence-corrected chi connectivity index (χ2v) is 10.1. The third-order valence-electron chi connectivity index (χ3n) is 7.04. The molecule has 1 heterocycles. The van der Waals surface area contributed by atoms with E-state index >= 15 is 0 Å². The Labute approximate surface area is 218 Å². The van der Waals surface area contributed by atoms with Crippen molar-refractivity contribution in [3.8, 4) is 0 Å². The number of nitrogens with zero attached hydrogens (tertiary/aromatic N) is 3. The van der Waals surface area contributed by atoms with Gasteiger partial charge in [0.15, 0.2) is 0 Å². The standard InChI is InChI=1S/C29H49FN4O2/c1-3-5-7-9-10-12-18-31-29(36)34(25-26-14-16-27(30)17-15-26)24-21-32-19-22-33(23-20-32)28(35)13-11-8-6-4-2/h14-17H,3-13,18-25H2,1-2H3,(H,31,36). The van der Waals surface area contributed by atoms with E-state index in [2.05, 4.69) is 24.1 Å². The van der Waals surface area contributed by atoms with Crippen LogP contribution in [0.1, 0.15) is 90.0 Å². The van der Waals surface area contributed by atoms with E-state index < -0.39 is 0 Å². The molecule has 1 aromatic carbocycles. The highest BCUT2D eigenvalue weighted by Crippen LogP contribution is 2.11. The number of urea groups is 1. The molecule has 0 saturated carbocycles. The minimum atomic E-state index is -0.268. The van der Waals surface area contributed by atoms with E-state index in [1.165, 1.54) is 50.7 Å². The molecule has 7 heteroatoms. The highest BCUT2D eigenvalue weighted by atomic mass is 19.1. The highest BCUT2D eigenvalue weighted by Gasteiger charge is 2.22. The molecule has 1 saturated heterocycles. The average molecular weight is 505 g/mol. The van der Waals surface area contributed by atoms with Crippen LogP contribution in [0.3, 0.4) is 0 Å². The van der Waals surface area contributed by atoms with Gasteiger partial charge in [0.1, 0.15) is 5.82 Å². The van der Waals surface area contributed by atoms with E-state index in [0.717, 1.165) is 64.0 Å². The molecule has 1 aliphatic heterocycles. The third-order valence-corrected chi connectivity index (χ3v) is 7.04. The lowest BCUT2D eigenvalue weighted by Crippen LogP contribution is -2.51. The first-order valence-electron chi connectivity index (χ1n) is 14.3. The maximum Gasteiger partial charge on any atom is 0.317 e. The summed E-state index contributed by atoms with van der Waals surface area (Å²) in [6.07, 6.45) is 12.3. The Morgan fingerprint density at radius 2 is 1.47 bits per heavy atom. The molecule has 204 valence electrons. The SMILES string of the molecule is CCCCCCCCNC(=O)N(CCN1CCN(C(=O)CCCCCC)CC1)Cc1ccc(F)cc1. The predicted molar refractivity (Wildman–Crippen MR) is 145 cm³/mol. The second kappa shape index (κ2) is 18.1. The summed E-state index contributed by atoms with van der Waals surface area (Å²) in [4.78, 5) is 31.6. The van der Waals surface area contributed by atoms with Crippen LogP contribution in [0.5, 0.6) is 0 Å². The summed E-state index contributed by atoms with van der Waals surface area (Å²) in [5, 5.41) is 3.09. The van der Waals surface area contributed by atoms with Crippen molar-refractivity contribution in [2.75, 3.05) is 45.8 Å². The molecule has 0 bridgehead atoms. The Morgan fingerprint density at radius 1 is 0.861 bits per heavy atom. The van der Waals surface area contributed by atoms with Crippen molar-refractivity contribution in [2.45, 2.75) is 91.0 Å². The molecular formula is C29H49FN4O2. The molecule has 3 amide bonds. The Kier molecular flexibility index (Phi) is 15.2. The summed E-state index contributed by atoms with van der Waals surface area (Å²) in [6.45, 7) is 10.1. The van der Waals surface area contributed by atoms with E-state index in [9.17, 15) is 14.0 Å². The van der Waals surface area contributed by atoms with Crippen molar-refractivity contribution in [2.24, 2.45) is 0 Å². The smallest absolute Gasteiger partial charge is 0.317 e. The van der Waals surface area contributed by atoms with E-state index in [1.807, 2.05) is 9.80 Å². The summed E-state index contributed by atoms with van der Waals surface area (Å²) in [7, 11) is 0. The van der Waals surface area contributed by atoms with Gasteiger partial charge in [0.05, 0.1) is 0 Å². The maximum absolute atomic E-state index is 13.4. The Balaban J connectivity index is 1.78. The minimum Gasteiger partial charge on any atom is -0.340 e. The number of benzene rings is 1. The summed E-state index contributed by atoms with van der Waals surface area (Å²) in [6, 6.07) is 6.32. The topological polar surface area (TPSA) is 55.9 Å². The van der Waals surface area contributed by atoms with Crippen LogP contribution in [0.25, 0.3) is 0 Å². The first-order chi connectivity index (χ1) is 17.5. The Hall–Kier alpha value is -2.15. The molecule has 0 spiro atoms. The van der Waals surface area contributed by atoms with Crippen LogP contribution in [0.2, 0.25) is 0 Å². The molecule has 1 N–H and O–H groups in total. The quantitative estimate of drug-likeness (QED) is 0.272. The normalized spacial score (nSPS) is 14.1. The molecular weight excluding hydrogens is 455 g/mol. The van der Waals surface area contributed by atoms with Crippen LogP contribution in [0.15, 0.2) is 24.3 Å². The van der Waals surface area contributed by atoms with Gasteiger partial charge >= 0.3 is 6.03 Å². The van der Waals surface area contributed by atoms with Gasteiger partial charge in [0, 0.05) is 58.8 Å². The van der Waals surface area contributed by atoms with Crippen molar-refractivity contribution < 1.29 is 14.0 Å². The number of nitrogens with one attached hydrogen (secondary N) is 1. The van der Waals surface area contributed by atoms with Gasteiger partial charge in [0.2, 0.25) is 5.91 Å². The first kappa shape index (κ1) is 30.1. The molecule has 1 aliphatic rings. The number of piperazine rings is 1. The summed E-state index contributed by atoms with van der Waals surface area (Å²) in [5.74, 6) is 0.00775. The van der Waals surface area contributed by atoms with Crippen LogP contribution in [0, 0.1) is 5.82 Å². The Bertz CT molecular complexity index is 735. The minimum absolute atomic E-state index is 0.0613. The van der Waals surface area contributed by atoms with E-state index in [0.29, 0.717) is 26.1 Å². The predicted octanol–water partition coefficient (Wildman–Crippen LogP) is 5.81. The summed E-state index contributed by atoms with van der Waals surface area (Å²) < 4.78 is 13.4. The zero-order valence-corrected chi connectivity index (χ0v) is 22.8. The van der Waals surface area contributed by atoms with E-state index in [-0.39, 0.29) is 17.8 Å². The van der Waals surface area contributed by atoms with Crippen molar-refractivity contribution >= 4 is 11.9 Å². The molecule has 0 aliphatic carbocycles. The van der Waals surface area contributed by atoms with Gasteiger partial charge in [-0.05, 0) is 30.5 Å². The zero-order chi connectivity index (χ0) is 26.0. The van der Waals surface area contributed by atoms with Gasteiger partial charge in [-0.1, -0.05) is 77.3 Å². The lowest BCUT2D eigenvalue weighted by Gasteiger charge is -2.36. The fraction of sp³-hybridized carbons (Fsp3) is 0.724. The van der Waals surface area contributed by atoms with Gasteiger partial charge < -0.3 is 15.1 Å². The van der Waals surface area contributed by atoms with Crippen LogP contribution >= 0.6 is 0 Å². The van der Waals surface area contributed by atoms with Crippen molar-refractivity contribution in [1.29, 1.82) is 0 Å². The number of hydrogen-bond acceptors (Lipinski definition) is 3. The molecule has 2 rings (SSSR count). The Morgan fingerprint density at radius 3 is 2.14 bits per heavy atom. The molecule has 0 radical (unpaired) electrons. The van der Waals surface area contributed by atoms with Gasteiger partial charge in [-0.25, -0.2) is 9.18 Å². The number of amides is 3. The summed E-state index contributed by atoms with van der Waals surface area (Å²) >= 11 is 0. The van der Waals surface area contributed by atoms with Gasteiger partial charge in [0.25, 0.3) is 0 Å². The molecule has 36 heavy (non-hydrogen) atoms. The summed E-state index contributed by atoms with van der Waals surface area (Å²) in [5.41, 5.74) is 0.921. The highest BCUT2D eigenvalue weighted by molar-refractivity contribution is 5.76. The molecule has 0 unspecified atom stereocenters. The average Bonchev–Trinajstić information content (AvgIpc) is 2.89. The molecule has 1 aromatic rings. The largest absolute Gasteiger partial charge is 0.340 e. The van der Waals surface area contributed by atoms with Crippen molar-refractivity contribution in [3.05, 3.63) is 35.6 Å². The molecule has 6 nitrogen and oxygen atoms in total. The molecule has 0 aromatic heterocycles. The number of unbranched alkanes of at least 4 members (excludes halogenated alkanes) is 8. The molecule has 0 atom stereocenters.